The van der Waals surface area contributed by atoms with Crippen molar-refractivity contribution in [1.82, 2.24) is 15.0 Å². The molecule has 0 amide bonds. The number of aromatic nitrogens is 3. The van der Waals surface area contributed by atoms with Gasteiger partial charge in [0, 0.05) is 30.1 Å². The number of rotatable bonds is 5. The topological polar surface area (TPSA) is 59.9 Å². The van der Waals surface area contributed by atoms with Crippen LogP contribution in [0.15, 0.2) is 42.9 Å². The number of methoxy groups -OCH3 is 1. The highest BCUT2D eigenvalue weighted by atomic mass is 19.2. The van der Waals surface area contributed by atoms with Crippen LogP contribution in [-0.2, 0) is 6.54 Å². The molecular weight excluding hydrogens is 333 g/mol. The molecule has 0 fully saturated rings. The lowest BCUT2D eigenvalue weighted by atomic mass is 10.2. The second kappa shape index (κ2) is 7.16. The molecule has 2 heterocycles. The average molecular weight is 346 g/mol. The standard InChI is InChI=1S/C17H13F3N4O/c1-25-13-3-2-10(15(19)16(13)20)8-23-14-4-5-22-17(24-14)11-6-12(18)9-21-7-11/h2-7,9H,8H2,1H3,(H,22,23,24). The second-order valence-electron chi connectivity index (χ2n) is 5.07. The van der Waals surface area contributed by atoms with E-state index in [4.69, 9.17) is 4.74 Å². The number of hydrogen-bond donors (Lipinski definition) is 1. The van der Waals surface area contributed by atoms with Crippen LogP contribution in [0.1, 0.15) is 5.56 Å². The first-order valence-corrected chi connectivity index (χ1v) is 7.27. The number of halogens is 3. The van der Waals surface area contributed by atoms with Crippen molar-refractivity contribution in [2.75, 3.05) is 12.4 Å². The minimum absolute atomic E-state index is 0.00457. The van der Waals surface area contributed by atoms with E-state index < -0.39 is 17.5 Å². The molecule has 0 unspecified atom stereocenters. The molecule has 0 saturated heterocycles. The van der Waals surface area contributed by atoms with E-state index in [1.165, 1.54) is 37.7 Å². The zero-order valence-electron chi connectivity index (χ0n) is 13.1. The summed E-state index contributed by atoms with van der Waals surface area (Å²) in [7, 11) is 1.26. The fourth-order valence-electron chi connectivity index (χ4n) is 2.18. The van der Waals surface area contributed by atoms with E-state index in [0.717, 1.165) is 6.20 Å². The summed E-state index contributed by atoms with van der Waals surface area (Å²) in [6, 6.07) is 5.58. The Hall–Kier alpha value is -3.16. The highest BCUT2D eigenvalue weighted by molar-refractivity contribution is 5.55. The van der Waals surface area contributed by atoms with Gasteiger partial charge in [-0.25, -0.2) is 18.7 Å². The third-order valence-corrected chi connectivity index (χ3v) is 3.43. The van der Waals surface area contributed by atoms with Crippen LogP contribution in [-0.4, -0.2) is 22.1 Å². The molecule has 3 rings (SSSR count). The number of nitrogens with zero attached hydrogens (tertiary/aromatic N) is 3. The van der Waals surface area contributed by atoms with Crippen LogP contribution in [0.3, 0.4) is 0 Å². The Morgan fingerprint density at radius 2 is 1.92 bits per heavy atom. The van der Waals surface area contributed by atoms with E-state index in [1.807, 2.05) is 0 Å². The fraction of sp³-hybridized carbons (Fsp3) is 0.118. The minimum Gasteiger partial charge on any atom is -0.494 e. The smallest absolute Gasteiger partial charge is 0.200 e. The molecule has 0 spiro atoms. The summed E-state index contributed by atoms with van der Waals surface area (Å²) in [5, 5.41) is 2.88. The van der Waals surface area contributed by atoms with E-state index in [0.29, 0.717) is 11.4 Å². The molecule has 1 N–H and O–H groups in total. The molecular formula is C17H13F3N4O. The van der Waals surface area contributed by atoms with Crippen molar-refractivity contribution in [2.45, 2.75) is 6.54 Å². The zero-order chi connectivity index (χ0) is 17.8. The van der Waals surface area contributed by atoms with Gasteiger partial charge in [0.05, 0.1) is 13.3 Å². The summed E-state index contributed by atoms with van der Waals surface area (Å²) in [6.07, 6.45) is 3.98. The number of hydrogen-bond acceptors (Lipinski definition) is 5. The van der Waals surface area contributed by atoms with E-state index in [2.05, 4.69) is 20.3 Å². The van der Waals surface area contributed by atoms with Gasteiger partial charge in [-0.05, 0) is 18.2 Å². The summed E-state index contributed by atoms with van der Waals surface area (Å²) < 4.78 is 45.6. The van der Waals surface area contributed by atoms with Crippen LogP contribution >= 0.6 is 0 Å². The van der Waals surface area contributed by atoms with Gasteiger partial charge in [0.2, 0.25) is 5.82 Å². The molecule has 0 radical (unpaired) electrons. The van der Waals surface area contributed by atoms with Gasteiger partial charge in [-0.1, -0.05) is 6.07 Å². The number of nitrogens with one attached hydrogen (secondary N) is 1. The van der Waals surface area contributed by atoms with Crippen LogP contribution in [0.2, 0.25) is 0 Å². The summed E-state index contributed by atoms with van der Waals surface area (Å²) >= 11 is 0. The Bertz CT molecular complexity index is 905. The largest absolute Gasteiger partial charge is 0.494 e. The maximum Gasteiger partial charge on any atom is 0.200 e. The highest BCUT2D eigenvalue weighted by Crippen LogP contribution is 2.23. The first-order valence-electron chi connectivity index (χ1n) is 7.27. The molecule has 1 aromatic carbocycles. The van der Waals surface area contributed by atoms with Crippen LogP contribution < -0.4 is 10.1 Å². The first kappa shape index (κ1) is 16.7. The molecule has 0 aliphatic heterocycles. The molecule has 5 nitrogen and oxygen atoms in total. The first-order chi connectivity index (χ1) is 12.1. The van der Waals surface area contributed by atoms with Gasteiger partial charge in [-0.2, -0.15) is 4.39 Å². The van der Waals surface area contributed by atoms with Crippen molar-refractivity contribution in [3.8, 4) is 17.1 Å². The predicted octanol–water partition coefficient (Wildman–Crippen LogP) is 3.58. The third-order valence-electron chi connectivity index (χ3n) is 3.43. The van der Waals surface area contributed by atoms with Crippen LogP contribution in [0, 0.1) is 17.5 Å². The molecule has 0 saturated carbocycles. The van der Waals surface area contributed by atoms with Crippen LogP contribution in [0.25, 0.3) is 11.4 Å². The quantitative estimate of drug-likeness (QED) is 0.765. The van der Waals surface area contributed by atoms with Crippen LogP contribution in [0.5, 0.6) is 5.75 Å². The van der Waals surface area contributed by atoms with Gasteiger partial charge in [0.15, 0.2) is 17.4 Å². The Labute approximate surface area is 141 Å². The summed E-state index contributed by atoms with van der Waals surface area (Å²) in [4.78, 5) is 12.0. The van der Waals surface area contributed by atoms with Gasteiger partial charge in [0.25, 0.3) is 0 Å². The maximum absolute atomic E-state index is 14.0. The minimum atomic E-state index is -1.05. The Morgan fingerprint density at radius 3 is 2.68 bits per heavy atom. The molecule has 0 bridgehead atoms. The second-order valence-corrected chi connectivity index (χ2v) is 5.07. The van der Waals surface area contributed by atoms with Gasteiger partial charge in [-0.3, -0.25) is 4.98 Å². The third kappa shape index (κ3) is 3.68. The Balaban J connectivity index is 1.78. The maximum atomic E-state index is 14.0. The predicted molar refractivity (Wildman–Crippen MR) is 85.5 cm³/mol. The van der Waals surface area contributed by atoms with E-state index in [1.54, 1.807) is 6.07 Å². The van der Waals surface area contributed by atoms with Crippen molar-refractivity contribution in [1.29, 1.82) is 0 Å². The number of benzene rings is 1. The normalized spacial score (nSPS) is 10.6. The van der Waals surface area contributed by atoms with E-state index in [-0.39, 0.29) is 23.7 Å². The molecule has 25 heavy (non-hydrogen) atoms. The lowest BCUT2D eigenvalue weighted by molar-refractivity contribution is 0.370. The van der Waals surface area contributed by atoms with Gasteiger partial charge >= 0.3 is 0 Å². The Kier molecular flexibility index (Phi) is 4.78. The molecule has 2 aromatic heterocycles. The van der Waals surface area contributed by atoms with Crippen molar-refractivity contribution >= 4 is 5.82 Å². The van der Waals surface area contributed by atoms with Gasteiger partial charge in [0.1, 0.15) is 11.6 Å². The van der Waals surface area contributed by atoms with Crippen molar-refractivity contribution in [3.63, 3.8) is 0 Å². The van der Waals surface area contributed by atoms with Crippen molar-refractivity contribution < 1.29 is 17.9 Å². The van der Waals surface area contributed by atoms with E-state index >= 15 is 0 Å². The summed E-state index contributed by atoms with van der Waals surface area (Å²) in [5.41, 5.74) is 0.524. The lowest BCUT2D eigenvalue weighted by Gasteiger charge is -2.10. The molecule has 3 aromatic rings. The molecule has 0 atom stereocenters. The van der Waals surface area contributed by atoms with Gasteiger partial charge < -0.3 is 10.1 Å². The zero-order valence-corrected chi connectivity index (χ0v) is 13.1. The fourth-order valence-corrected chi connectivity index (χ4v) is 2.18. The monoisotopic (exact) mass is 346 g/mol. The lowest BCUT2D eigenvalue weighted by Crippen LogP contribution is -2.06. The summed E-state index contributed by atoms with van der Waals surface area (Å²) in [6.45, 7) is 0.00457. The molecule has 8 heteroatoms. The molecule has 0 aliphatic rings. The molecule has 128 valence electrons. The number of anilines is 1. The Morgan fingerprint density at radius 1 is 1.08 bits per heavy atom. The highest BCUT2D eigenvalue weighted by Gasteiger charge is 2.14. The SMILES string of the molecule is COc1ccc(CNc2ccnc(-c3cncc(F)c3)n2)c(F)c1F. The number of pyridine rings is 1. The molecule has 0 aliphatic carbocycles. The van der Waals surface area contributed by atoms with Crippen molar-refractivity contribution in [3.05, 3.63) is 65.9 Å². The van der Waals surface area contributed by atoms with Gasteiger partial charge in [-0.15, -0.1) is 0 Å². The van der Waals surface area contributed by atoms with E-state index in [9.17, 15) is 13.2 Å². The average Bonchev–Trinajstić information content (AvgIpc) is 2.63. The van der Waals surface area contributed by atoms with Crippen molar-refractivity contribution in [2.24, 2.45) is 0 Å². The number of ether oxygens (including phenoxy) is 1. The summed E-state index contributed by atoms with van der Waals surface area (Å²) in [5.74, 6) is -2.06. The van der Waals surface area contributed by atoms with Crippen LogP contribution in [0.4, 0.5) is 19.0 Å².